The minimum atomic E-state index is 0.734. The van der Waals surface area contributed by atoms with Gasteiger partial charge in [-0.2, -0.15) is 0 Å². The molecule has 2 aromatic heterocycles. The standard InChI is InChI=1S/C19H19N3OS/c1-13-6-4-5-7-15(13)10-14(2)17-12-24-19(21-17)22-18-9-8-16(23-3)11-20-18/h4-12H,1-3H3,(H,20,21,22)/b14-10+. The summed E-state index contributed by atoms with van der Waals surface area (Å²) in [6.07, 6.45) is 3.85. The van der Waals surface area contributed by atoms with Crippen molar-refractivity contribution in [3.63, 3.8) is 0 Å². The highest BCUT2D eigenvalue weighted by molar-refractivity contribution is 7.13. The van der Waals surface area contributed by atoms with Gasteiger partial charge in [-0.15, -0.1) is 11.3 Å². The van der Waals surface area contributed by atoms with Crippen molar-refractivity contribution in [3.05, 3.63) is 64.8 Å². The van der Waals surface area contributed by atoms with Gasteiger partial charge in [-0.1, -0.05) is 24.3 Å². The van der Waals surface area contributed by atoms with Crippen LogP contribution in [0.4, 0.5) is 10.9 Å². The summed E-state index contributed by atoms with van der Waals surface area (Å²) in [5, 5.41) is 6.09. The maximum absolute atomic E-state index is 5.11. The van der Waals surface area contributed by atoms with E-state index in [0.29, 0.717) is 0 Å². The van der Waals surface area contributed by atoms with Crippen LogP contribution >= 0.6 is 11.3 Å². The molecule has 0 atom stereocenters. The smallest absolute Gasteiger partial charge is 0.188 e. The molecule has 0 saturated carbocycles. The van der Waals surface area contributed by atoms with E-state index in [1.165, 1.54) is 11.1 Å². The summed E-state index contributed by atoms with van der Waals surface area (Å²) in [6, 6.07) is 12.1. The topological polar surface area (TPSA) is 47.0 Å². The Morgan fingerprint density at radius 2 is 2.04 bits per heavy atom. The lowest BCUT2D eigenvalue weighted by Gasteiger charge is -2.03. The Morgan fingerprint density at radius 3 is 2.75 bits per heavy atom. The Morgan fingerprint density at radius 1 is 1.21 bits per heavy atom. The molecular formula is C19H19N3OS. The van der Waals surface area contributed by atoms with E-state index in [0.717, 1.165) is 28.0 Å². The number of anilines is 2. The molecule has 2 heterocycles. The summed E-state index contributed by atoms with van der Waals surface area (Å²) in [5.74, 6) is 1.48. The summed E-state index contributed by atoms with van der Waals surface area (Å²) in [7, 11) is 1.63. The number of benzene rings is 1. The number of pyridine rings is 1. The second kappa shape index (κ2) is 7.27. The largest absolute Gasteiger partial charge is 0.495 e. The fourth-order valence-electron chi connectivity index (χ4n) is 2.25. The number of allylic oxidation sites excluding steroid dienone is 1. The average molecular weight is 337 g/mol. The lowest BCUT2D eigenvalue weighted by Crippen LogP contribution is -1.93. The minimum Gasteiger partial charge on any atom is -0.495 e. The third kappa shape index (κ3) is 3.81. The van der Waals surface area contributed by atoms with Gasteiger partial charge in [0.1, 0.15) is 11.6 Å². The Hall–Kier alpha value is -2.66. The van der Waals surface area contributed by atoms with Gasteiger partial charge in [0.05, 0.1) is 19.0 Å². The molecule has 1 aromatic carbocycles. The van der Waals surface area contributed by atoms with Crippen molar-refractivity contribution < 1.29 is 4.74 Å². The van der Waals surface area contributed by atoms with Crippen LogP contribution in [0, 0.1) is 6.92 Å². The highest BCUT2D eigenvalue weighted by Gasteiger charge is 2.06. The number of thiazole rings is 1. The average Bonchev–Trinajstić information content (AvgIpc) is 3.06. The minimum absolute atomic E-state index is 0.734. The van der Waals surface area contributed by atoms with Gasteiger partial charge < -0.3 is 10.1 Å². The van der Waals surface area contributed by atoms with Crippen LogP contribution in [-0.2, 0) is 0 Å². The number of ether oxygens (including phenoxy) is 1. The molecular weight excluding hydrogens is 318 g/mol. The first-order chi connectivity index (χ1) is 11.7. The second-order valence-corrected chi connectivity index (χ2v) is 6.29. The maximum atomic E-state index is 5.11. The summed E-state index contributed by atoms with van der Waals surface area (Å²) < 4.78 is 5.11. The zero-order valence-corrected chi connectivity index (χ0v) is 14.7. The lowest BCUT2D eigenvalue weighted by atomic mass is 10.1. The molecule has 3 rings (SSSR count). The third-order valence-electron chi connectivity index (χ3n) is 3.68. The van der Waals surface area contributed by atoms with Gasteiger partial charge in [-0.3, -0.25) is 0 Å². The van der Waals surface area contributed by atoms with Crippen molar-refractivity contribution >= 4 is 33.9 Å². The number of aryl methyl sites for hydroxylation is 1. The van der Waals surface area contributed by atoms with Crippen LogP contribution in [0.25, 0.3) is 11.6 Å². The van der Waals surface area contributed by atoms with Crippen LogP contribution in [0.2, 0.25) is 0 Å². The van der Waals surface area contributed by atoms with Crippen LogP contribution in [0.3, 0.4) is 0 Å². The Balaban J connectivity index is 1.76. The van der Waals surface area contributed by atoms with Crippen LogP contribution in [-0.4, -0.2) is 17.1 Å². The normalized spacial score (nSPS) is 11.4. The van der Waals surface area contributed by atoms with Crippen LogP contribution < -0.4 is 10.1 Å². The van der Waals surface area contributed by atoms with Gasteiger partial charge >= 0.3 is 0 Å². The molecule has 0 spiro atoms. The molecule has 0 radical (unpaired) electrons. The summed E-state index contributed by atoms with van der Waals surface area (Å²) in [5.41, 5.74) is 4.58. The molecule has 0 aliphatic heterocycles. The number of rotatable bonds is 5. The van der Waals surface area contributed by atoms with Crippen LogP contribution in [0.5, 0.6) is 5.75 Å². The molecule has 3 aromatic rings. The molecule has 0 fully saturated rings. The first kappa shape index (κ1) is 16.2. The Labute approximate surface area is 145 Å². The zero-order chi connectivity index (χ0) is 16.9. The number of hydrogen-bond donors (Lipinski definition) is 1. The molecule has 0 unspecified atom stereocenters. The van der Waals surface area contributed by atoms with Crippen LogP contribution in [0.15, 0.2) is 48.0 Å². The van der Waals surface area contributed by atoms with Gasteiger partial charge in [-0.05, 0) is 48.8 Å². The van der Waals surface area contributed by atoms with Gasteiger partial charge in [-0.25, -0.2) is 9.97 Å². The predicted octanol–water partition coefficient (Wildman–Crippen LogP) is 5.16. The SMILES string of the molecule is COc1ccc(Nc2nc(/C(C)=C/c3ccccc3C)cs2)nc1. The molecule has 5 heteroatoms. The third-order valence-corrected chi connectivity index (χ3v) is 4.43. The van der Waals surface area contributed by atoms with Crippen molar-refractivity contribution in [1.29, 1.82) is 0 Å². The van der Waals surface area contributed by atoms with Crippen molar-refractivity contribution in [2.75, 3.05) is 12.4 Å². The Bertz CT molecular complexity index is 853. The summed E-state index contributed by atoms with van der Waals surface area (Å²) >= 11 is 1.56. The molecule has 122 valence electrons. The monoisotopic (exact) mass is 337 g/mol. The quantitative estimate of drug-likeness (QED) is 0.698. The number of nitrogens with zero attached hydrogens (tertiary/aromatic N) is 2. The van der Waals surface area contributed by atoms with Gasteiger partial charge in [0.2, 0.25) is 0 Å². The van der Waals surface area contributed by atoms with Crippen molar-refractivity contribution in [1.82, 2.24) is 9.97 Å². The molecule has 24 heavy (non-hydrogen) atoms. The van der Waals surface area contributed by atoms with E-state index >= 15 is 0 Å². The van der Waals surface area contributed by atoms with Gasteiger partial charge in [0.25, 0.3) is 0 Å². The van der Waals surface area contributed by atoms with E-state index in [2.05, 4.69) is 64.9 Å². The maximum Gasteiger partial charge on any atom is 0.188 e. The first-order valence-corrected chi connectivity index (χ1v) is 8.50. The molecule has 0 amide bonds. The van der Waals surface area contributed by atoms with E-state index in [1.54, 1.807) is 24.6 Å². The fraction of sp³-hybridized carbons (Fsp3) is 0.158. The van der Waals surface area contributed by atoms with Gasteiger partial charge in [0.15, 0.2) is 5.13 Å². The van der Waals surface area contributed by atoms with E-state index in [4.69, 9.17) is 4.74 Å². The number of methoxy groups -OCH3 is 1. The van der Waals surface area contributed by atoms with Crippen molar-refractivity contribution in [2.45, 2.75) is 13.8 Å². The molecule has 1 N–H and O–H groups in total. The molecule has 0 saturated heterocycles. The van der Waals surface area contributed by atoms with Crippen molar-refractivity contribution in [3.8, 4) is 5.75 Å². The summed E-state index contributed by atoms with van der Waals surface area (Å²) in [4.78, 5) is 8.94. The summed E-state index contributed by atoms with van der Waals surface area (Å²) in [6.45, 7) is 4.19. The van der Waals surface area contributed by atoms with E-state index < -0.39 is 0 Å². The van der Waals surface area contributed by atoms with Crippen molar-refractivity contribution in [2.24, 2.45) is 0 Å². The highest BCUT2D eigenvalue weighted by Crippen LogP contribution is 2.26. The number of aromatic nitrogens is 2. The van der Waals surface area contributed by atoms with Gasteiger partial charge in [0, 0.05) is 5.38 Å². The molecule has 4 nitrogen and oxygen atoms in total. The number of nitrogens with one attached hydrogen (secondary N) is 1. The first-order valence-electron chi connectivity index (χ1n) is 7.62. The van der Waals surface area contributed by atoms with E-state index in [-0.39, 0.29) is 0 Å². The fourth-order valence-corrected chi connectivity index (χ4v) is 3.03. The molecule has 0 aliphatic rings. The molecule has 0 aliphatic carbocycles. The zero-order valence-electron chi connectivity index (χ0n) is 13.9. The lowest BCUT2D eigenvalue weighted by molar-refractivity contribution is 0.413. The molecule has 0 bridgehead atoms. The second-order valence-electron chi connectivity index (χ2n) is 5.43. The van der Waals surface area contributed by atoms with Crippen LogP contribution in [0.1, 0.15) is 23.7 Å². The highest BCUT2D eigenvalue weighted by atomic mass is 32.1. The Kier molecular flexibility index (Phi) is 4.91. The van der Waals surface area contributed by atoms with E-state index in [1.807, 2.05) is 12.1 Å². The predicted molar refractivity (Wildman–Crippen MR) is 101 cm³/mol. The van der Waals surface area contributed by atoms with E-state index in [9.17, 15) is 0 Å². The number of hydrogen-bond acceptors (Lipinski definition) is 5.